The molecule has 0 aliphatic heterocycles. The fourth-order valence-electron chi connectivity index (χ4n) is 18.1. The van der Waals surface area contributed by atoms with Gasteiger partial charge < -0.3 is 0 Å². The van der Waals surface area contributed by atoms with Gasteiger partial charge in [0.1, 0.15) is 21.1 Å². The number of aryl methyl sites for hydroxylation is 8. The Morgan fingerprint density at radius 2 is 0.562 bits per heavy atom. The van der Waals surface area contributed by atoms with Gasteiger partial charge in [-0.2, -0.15) is 0 Å². The summed E-state index contributed by atoms with van der Waals surface area (Å²) in [6.45, 7) is 56.9. The van der Waals surface area contributed by atoms with Crippen LogP contribution < -0.4 is 29.3 Å². The number of nitrogens with zero attached hydrogens (tertiary/aromatic N) is 3. The molecule has 516 valence electrons. The molecule has 6 heteroatoms. The predicted molar refractivity (Wildman–Crippen MR) is 433 cm³/mol. The Balaban J connectivity index is 0.000000203. The number of pyridine rings is 3. The molecule has 0 bridgehead atoms. The lowest BCUT2D eigenvalue weighted by atomic mass is 9.94. The zero-order chi connectivity index (χ0) is 70.9. The second-order valence-electron chi connectivity index (χ2n) is 34.3. The van der Waals surface area contributed by atoms with Gasteiger partial charge in [0.2, 0.25) is 17.1 Å². The van der Waals surface area contributed by atoms with Gasteiger partial charge in [0.25, 0.3) is 0 Å². The van der Waals surface area contributed by atoms with Gasteiger partial charge in [-0.05, 0) is 170 Å². The molecule has 0 fully saturated rings. The molecular weight excluding hydrogens is 1210 g/mol. The van der Waals surface area contributed by atoms with Gasteiger partial charge in [-0.3, -0.25) is 0 Å². The Labute approximate surface area is 590 Å². The molecule has 6 aromatic carbocycles. The van der Waals surface area contributed by atoms with Crippen LogP contribution in [-0.2, 0) is 21.1 Å². The van der Waals surface area contributed by atoms with Crippen LogP contribution in [0.1, 0.15) is 158 Å². The first-order chi connectivity index (χ1) is 45.1. The van der Waals surface area contributed by atoms with Crippen molar-refractivity contribution in [1.82, 2.24) is 0 Å². The molecule has 3 aromatic heterocycles. The van der Waals surface area contributed by atoms with E-state index >= 15 is 0 Å². The van der Waals surface area contributed by atoms with Crippen LogP contribution in [0, 0.1) is 94.8 Å². The summed E-state index contributed by atoms with van der Waals surface area (Å²) in [4.78, 5) is 0. The lowest BCUT2D eigenvalue weighted by molar-refractivity contribution is -0.659. The summed E-state index contributed by atoms with van der Waals surface area (Å²) in [5, 5.41) is 13.3. The Kier molecular flexibility index (Phi) is 27.0. The van der Waals surface area contributed by atoms with Gasteiger partial charge in [-0.25, -0.2) is 13.7 Å². The van der Waals surface area contributed by atoms with Crippen molar-refractivity contribution in [1.29, 1.82) is 0 Å². The molecule has 0 radical (unpaired) electrons. The summed E-state index contributed by atoms with van der Waals surface area (Å²) in [6.07, 6.45) is 6.75. The summed E-state index contributed by atoms with van der Waals surface area (Å²) in [6, 6.07) is 62.3. The highest BCUT2D eigenvalue weighted by molar-refractivity contribution is 6.93. The fourth-order valence-corrected chi connectivity index (χ4v) is 38.5. The highest BCUT2D eigenvalue weighted by atomic mass is 28.3. The van der Waals surface area contributed by atoms with E-state index in [0.717, 1.165) is 53.3 Å². The minimum absolute atomic E-state index is 0.743. The fraction of sp³-hybridized carbons (Fsp3) is 0.500. The van der Waals surface area contributed by atoms with Crippen LogP contribution >= 0.6 is 0 Å². The maximum absolute atomic E-state index is 2.58. The number of hydrogen-bond acceptors (Lipinski definition) is 0. The minimum atomic E-state index is -1.62. The normalized spacial score (nSPS) is 12.5. The number of benzene rings is 6. The van der Waals surface area contributed by atoms with Crippen LogP contribution in [0.2, 0.25) is 54.4 Å². The van der Waals surface area contributed by atoms with Gasteiger partial charge in [-0.1, -0.05) is 279 Å². The molecule has 9 aromatic rings. The smallest absolute Gasteiger partial charge is 0.200 e. The molecule has 0 saturated carbocycles. The van der Waals surface area contributed by atoms with E-state index in [2.05, 4.69) is 347 Å². The monoisotopic (exact) mass is 1340 g/mol. The van der Waals surface area contributed by atoms with Crippen molar-refractivity contribution in [2.24, 2.45) is 74.4 Å². The van der Waals surface area contributed by atoms with E-state index in [1.807, 2.05) is 0 Å². The average molecular weight is 1340 g/mol. The lowest BCUT2D eigenvalue weighted by Gasteiger charge is -2.37. The number of rotatable bonds is 24. The van der Waals surface area contributed by atoms with Crippen molar-refractivity contribution in [3.8, 4) is 33.8 Å². The van der Waals surface area contributed by atoms with Gasteiger partial charge in [0.15, 0.2) is 18.6 Å². The van der Waals surface area contributed by atoms with Crippen LogP contribution in [0.25, 0.3) is 66.1 Å². The first-order valence-electron chi connectivity index (χ1n) is 37.6. The summed E-state index contributed by atoms with van der Waals surface area (Å²) >= 11 is 0. The average Bonchev–Trinajstić information content (AvgIpc) is 0.771. The highest BCUT2D eigenvalue weighted by Crippen LogP contribution is 2.39. The maximum Gasteiger partial charge on any atom is 0.220 e. The van der Waals surface area contributed by atoms with E-state index in [9.17, 15) is 0 Å². The van der Waals surface area contributed by atoms with Gasteiger partial charge >= 0.3 is 0 Å². The van der Waals surface area contributed by atoms with Crippen LogP contribution in [0.5, 0.6) is 0 Å². The van der Waals surface area contributed by atoms with Crippen molar-refractivity contribution in [3.63, 3.8) is 0 Å². The Morgan fingerprint density at radius 3 is 0.885 bits per heavy atom. The zero-order valence-corrected chi connectivity index (χ0v) is 68.8. The molecule has 0 saturated heterocycles. The zero-order valence-electron chi connectivity index (χ0n) is 65.8. The van der Waals surface area contributed by atoms with Crippen LogP contribution in [0.15, 0.2) is 146 Å². The molecule has 0 aliphatic carbocycles. The van der Waals surface area contributed by atoms with Gasteiger partial charge in [0.05, 0.1) is 45.9 Å². The summed E-state index contributed by atoms with van der Waals surface area (Å²) in [5.74, 6) is 6.70. The summed E-state index contributed by atoms with van der Waals surface area (Å²) in [5.41, 5.74) is 16.1. The van der Waals surface area contributed by atoms with E-state index in [-0.39, 0.29) is 0 Å². The van der Waals surface area contributed by atoms with Crippen LogP contribution in [0.3, 0.4) is 0 Å². The highest BCUT2D eigenvalue weighted by Gasteiger charge is 2.40. The molecule has 9 rings (SSSR count). The molecular formula is C90H132N3Si3+3. The van der Waals surface area contributed by atoms with Crippen molar-refractivity contribution in [2.45, 2.75) is 221 Å². The Bertz CT molecular complexity index is 3980. The molecule has 3 nitrogen and oxygen atoms in total. The first-order valence-corrected chi connectivity index (χ1v) is 45.4. The number of aromatic nitrogens is 3. The van der Waals surface area contributed by atoms with Crippen molar-refractivity contribution < 1.29 is 13.7 Å². The van der Waals surface area contributed by atoms with Crippen LogP contribution in [0.4, 0.5) is 0 Å². The summed E-state index contributed by atoms with van der Waals surface area (Å²) in [7, 11) is 1.70. The third-order valence-corrected chi connectivity index (χ3v) is 39.5. The Hall–Kier alpha value is -5.80. The van der Waals surface area contributed by atoms with Gasteiger partial charge in [0, 0.05) is 29.3 Å². The number of hydrogen-bond donors (Lipinski definition) is 0. The Morgan fingerprint density at radius 1 is 0.271 bits per heavy atom. The molecule has 0 unspecified atom stereocenters. The largest absolute Gasteiger partial charge is 0.220 e. The predicted octanol–water partition coefficient (Wildman–Crippen LogP) is 22.7. The van der Waals surface area contributed by atoms with Crippen molar-refractivity contribution in [2.75, 3.05) is 0 Å². The molecule has 0 atom stereocenters. The van der Waals surface area contributed by atoms with Crippen LogP contribution in [-0.4, -0.2) is 24.2 Å². The second kappa shape index (κ2) is 33.4. The minimum Gasteiger partial charge on any atom is -0.200 e. The third kappa shape index (κ3) is 19.1. The van der Waals surface area contributed by atoms with E-state index in [0.29, 0.717) is 0 Å². The topological polar surface area (TPSA) is 11.6 Å². The molecule has 0 spiro atoms. The van der Waals surface area contributed by atoms with Gasteiger partial charge in [-0.15, -0.1) is 0 Å². The third-order valence-electron chi connectivity index (χ3n) is 20.6. The van der Waals surface area contributed by atoms with Crippen molar-refractivity contribution >= 4 is 72.1 Å². The second-order valence-corrected chi connectivity index (χ2v) is 47.4. The summed E-state index contributed by atoms with van der Waals surface area (Å²) < 4.78 is 6.89. The SMILES string of the molecule is Cc1cc(C)c(C)c(-c2c3ccc([Si](CC(C)C)(CC(C)C)CC(C)C)cc3cc[n+]2C)c1.Cc1ccc(C)c(-c2c3ccc([Si](CC(C)C)(CC(C)C)CC(C)C)cc3cc[n+]2C)c1.Cc1ccccc1-c1c2ccc([Si](CC(C)C)(CC(C)C)CC(C)C)cc2cc[n+]1C. The standard InChI is InChI=1S/C31H46NSi.C30H44NSi.C29H42NSi/c1-21(2)18-33(19-22(3)4,20-23(5)6)28-11-12-29-27(17-28)13-14-32(10)31(29)30-16-24(7)15-25(8)26(30)9;1-21(2)18-32(19-22(3)4,20-23(5)6)27-12-13-28-26(17-27)14-15-31(9)30(28)29-16-24(7)10-11-25(29)8;1-21(2)18-31(19-22(3)4,20-23(5)6)26-13-14-28-25(17-26)15-16-30(8)29(28)27-12-10-9-11-24(27)7/h11-17,21-23H,18-20H2,1-10H3;10-17,21-23H,18-20H2,1-9H3;9-17,21-23H,18-20H2,1-8H3/q3*+1. The molecule has 0 aliphatic rings. The van der Waals surface area contributed by atoms with E-state index < -0.39 is 24.2 Å². The quantitative estimate of drug-likeness (QED) is 0.0422. The molecule has 0 amide bonds. The molecule has 0 N–H and O–H groups in total. The van der Waals surface area contributed by atoms with E-state index in [1.165, 1.54) is 154 Å². The first kappa shape index (κ1) is 77.6. The van der Waals surface area contributed by atoms with E-state index in [1.54, 1.807) is 15.6 Å². The van der Waals surface area contributed by atoms with Crippen molar-refractivity contribution in [3.05, 3.63) is 179 Å². The maximum atomic E-state index is 2.58. The lowest BCUT2D eigenvalue weighted by Crippen LogP contribution is -2.50. The molecule has 96 heavy (non-hydrogen) atoms. The number of fused-ring (bicyclic) bond motifs is 3. The van der Waals surface area contributed by atoms with E-state index in [4.69, 9.17) is 0 Å². The molecule has 3 heterocycles.